The van der Waals surface area contributed by atoms with Gasteiger partial charge in [0.2, 0.25) is 0 Å². The van der Waals surface area contributed by atoms with Gasteiger partial charge in [-0.2, -0.15) is 0 Å². The summed E-state index contributed by atoms with van der Waals surface area (Å²) in [6.07, 6.45) is -3.52. The van der Waals surface area contributed by atoms with E-state index in [-0.39, 0.29) is 19.8 Å². The molecule has 46 heavy (non-hydrogen) atoms. The van der Waals surface area contributed by atoms with E-state index in [1.54, 1.807) is 6.92 Å². The van der Waals surface area contributed by atoms with Crippen molar-refractivity contribution in [3.05, 3.63) is 144 Å². The van der Waals surface area contributed by atoms with Crippen molar-refractivity contribution in [1.29, 1.82) is 0 Å². The summed E-state index contributed by atoms with van der Waals surface area (Å²) in [6.45, 7) is 3.01. The van der Waals surface area contributed by atoms with Gasteiger partial charge < -0.3 is 33.5 Å². The van der Waals surface area contributed by atoms with Gasteiger partial charge in [-0.1, -0.05) is 121 Å². The zero-order valence-electron chi connectivity index (χ0n) is 26.1. The number of ether oxygens (including phenoxy) is 6. The van der Waals surface area contributed by atoms with Crippen molar-refractivity contribution in [3.63, 3.8) is 0 Å². The topological polar surface area (TPSA) is 92.7 Å². The predicted octanol–water partition coefficient (Wildman–Crippen LogP) is 6.42. The molecule has 242 valence electrons. The SMILES string of the molecule is C[C@H](CO[C@H]1O[C@H](COCc2ccccc2)[C@@H](OCc2ccccc2)[C@H](OCc2ccccc2)[C@@H]1OCc1ccccc1)C(=O)O. The van der Waals surface area contributed by atoms with Crippen LogP contribution in [-0.2, 0) is 59.6 Å². The van der Waals surface area contributed by atoms with Crippen LogP contribution in [0.2, 0.25) is 0 Å². The molecule has 0 aliphatic carbocycles. The van der Waals surface area contributed by atoms with Gasteiger partial charge in [0, 0.05) is 0 Å². The molecule has 0 radical (unpaired) electrons. The molecule has 1 saturated heterocycles. The highest BCUT2D eigenvalue weighted by Gasteiger charge is 2.49. The third-order valence-electron chi connectivity index (χ3n) is 7.77. The highest BCUT2D eigenvalue weighted by Crippen LogP contribution is 2.32. The third kappa shape index (κ3) is 10.1. The first-order valence-corrected chi connectivity index (χ1v) is 15.6. The first kappa shape index (κ1) is 33.5. The fourth-order valence-corrected chi connectivity index (χ4v) is 5.19. The number of hydrogen-bond donors (Lipinski definition) is 1. The number of hydrogen-bond acceptors (Lipinski definition) is 7. The van der Waals surface area contributed by atoms with Crippen molar-refractivity contribution in [2.24, 2.45) is 5.92 Å². The van der Waals surface area contributed by atoms with E-state index < -0.39 is 42.6 Å². The van der Waals surface area contributed by atoms with Crippen LogP contribution >= 0.6 is 0 Å². The quantitative estimate of drug-likeness (QED) is 0.144. The number of benzene rings is 4. The average Bonchev–Trinajstić information content (AvgIpc) is 3.10. The van der Waals surface area contributed by atoms with Crippen molar-refractivity contribution >= 4 is 5.97 Å². The first-order valence-electron chi connectivity index (χ1n) is 15.6. The van der Waals surface area contributed by atoms with Crippen LogP contribution < -0.4 is 0 Å². The average molecular weight is 627 g/mol. The van der Waals surface area contributed by atoms with Gasteiger partial charge in [-0.05, 0) is 29.2 Å². The Kier molecular flexibility index (Phi) is 12.9. The van der Waals surface area contributed by atoms with Crippen molar-refractivity contribution < 1.29 is 38.3 Å². The highest BCUT2D eigenvalue weighted by atomic mass is 16.7. The lowest BCUT2D eigenvalue weighted by Gasteiger charge is -2.46. The second-order valence-corrected chi connectivity index (χ2v) is 11.4. The van der Waals surface area contributed by atoms with Gasteiger partial charge >= 0.3 is 5.97 Å². The minimum atomic E-state index is -0.957. The molecule has 0 amide bonds. The molecule has 8 heteroatoms. The maximum absolute atomic E-state index is 11.7. The molecule has 0 unspecified atom stereocenters. The number of aliphatic carboxylic acids is 1. The fraction of sp³-hybridized carbons (Fsp3) is 0.342. The van der Waals surface area contributed by atoms with Crippen LogP contribution in [-0.4, -0.2) is 55.0 Å². The van der Waals surface area contributed by atoms with E-state index in [9.17, 15) is 9.90 Å². The summed E-state index contributed by atoms with van der Waals surface area (Å²) in [4.78, 5) is 11.7. The van der Waals surface area contributed by atoms with E-state index in [0.717, 1.165) is 22.3 Å². The maximum Gasteiger partial charge on any atom is 0.308 e. The summed E-state index contributed by atoms with van der Waals surface area (Å²) in [6, 6.07) is 39.5. The second-order valence-electron chi connectivity index (χ2n) is 11.4. The smallest absolute Gasteiger partial charge is 0.308 e. The summed E-state index contributed by atoms with van der Waals surface area (Å²) in [5.41, 5.74) is 4.00. The molecule has 0 spiro atoms. The van der Waals surface area contributed by atoms with Crippen LogP contribution in [0, 0.1) is 5.92 Å². The fourth-order valence-electron chi connectivity index (χ4n) is 5.19. The normalized spacial score (nSPS) is 21.9. The molecular weight excluding hydrogens is 584 g/mol. The monoisotopic (exact) mass is 626 g/mol. The lowest BCUT2D eigenvalue weighted by atomic mass is 9.97. The molecule has 4 aromatic rings. The highest BCUT2D eigenvalue weighted by molar-refractivity contribution is 5.69. The largest absolute Gasteiger partial charge is 0.481 e. The molecule has 0 aromatic heterocycles. The van der Waals surface area contributed by atoms with Crippen LogP contribution in [0.1, 0.15) is 29.2 Å². The van der Waals surface area contributed by atoms with Crippen LogP contribution in [0.25, 0.3) is 0 Å². The van der Waals surface area contributed by atoms with E-state index in [0.29, 0.717) is 19.8 Å². The maximum atomic E-state index is 11.7. The lowest BCUT2D eigenvalue weighted by Crippen LogP contribution is -2.62. The van der Waals surface area contributed by atoms with Gasteiger partial charge in [-0.3, -0.25) is 4.79 Å². The zero-order valence-corrected chi connectivity index (χ0v) is 26.1. The third-order valence-corrected chi connectivity index (χ3v) is 7.77. The molecule has 1 N–H and O–H groups in total. The van der Waals surface area contributed by atoms with Crippen LogP contribution in [0.5, 0.6) is 0 Å². The molecule has 8 nitrogen and oxygen atoms in total. The molecule has 4 aromatic carbocycles. The molecule has 5 rings (SSSR count). The van der Waals surface area contributed by atoms with E-state index in [1.165, 1.54) is 0 Å². The molecule has 1 heterocycles. The Balaban J connectivity index is 1.44. The van der Waals surface area contributed by atoms with Gasteiger partial charge in [-0.15, -0.1) is 0 Å². The Morgan fingerprint density at radius 2 is 1.02 bits per heavy atom. The van der Waals surface area contributed by atoms with Gasteiger partial charge in [0.15, 0.2) is 6.29 Å². The van der Waals surface area contributed by atoms with Gasteiger partial charge in [0.25, 0.3) is 0 Å². The lowest BCUT2D eigenvalue weighted by molar-refractivity contribution is -0.329. The summed E-state index contributed by atoms with van der Waals surface area (Å²) in [5, 5.41) is 9.57. The van der Waals surface area contributed by atoms with Gasteiger partial charge in [-0.25, -0.2) is 0 Å². The van der Waals surface area contributed by atoms with Crippen LogP contribution in [0.15, 0.2) is 121 Å². The Morgan fingerprint density at radius 3 is 1.48 bits per heavy atom. The van der Waals surface area contributed by atoms with Crippen molar-refractivity contribution in [1.82, 2.24) is 0 Å². The van der Waals surface area contributed by atoms with Gasteiger partial charge in [0.1, 0.15) is 24.4 Å². The number of carbonyl (C=O) groups is 1. The molecule has 0 saturated carbocycles. The van der Waals surface area contributed by atoms with E-state index in [1.807, 2.05) is 121 Å². The summed E-state index contributed by atoms with van der Waals surface area (Å²) in [5.74, 6) is -1.71. The Labute approximate surface area is 270 Å². The summed E-state index contributed by atoms with van der Waals surface area (Å²) >= 11 is 0. The van der Waals surface area contributed by atoms with E-state index in [2.05, 4.69) is 0 Å². The molecular formula is C38H42O8. The Bertz CT molecular complexity index is 1420. The summed E-state index contributed by atoms with van der Waals surface area (Å²) in [7, 11) is 0. The van der Waals surface area contributed by atoms with E-state index >= 15 is 0 Å². The van der Waals surface area contributed by atoms with Crippen molar-refractivity contribution in [2.45, 2.75) is 64.1 Å². The molecule has 1 fully saturated rings. The standard InChI is InChI=1S/C38H42O8/c1-28(37(39)40)22-45-38-36(44-26-32-20-12-5-13-21-32)35(43-25-31-18-10-4-11-19-31)34(42-24-30-16-8-3-9-17-30)33(46-38)27-41-23-29-14-6-2-7-15-29/h2-21,28,33-36,38H,22-27H2,1H3,(H,39,40)/t28-,33-,34-,35+,36+,38+/m1/s1. The number of carboxylic acid groups (broad SMARTS) is 1. The first-order chi connectivity index (χ1) is 22.6. The van der Waals surface area contributed by atoms with Crippen LogP contribution in [0.3, 0.4) is 0 Å². The number of carboxylic acids is 1. The minimum absolute atomic E-state index is 0.0657. The Morgan fingerprint density at radius 1 is 0.609 bits per heavy atom. The molecule has 0 bridgehead atoms. The minimum Gasteiger partial charge on any atom is -0.481 e. The van der Waals surface area contributed by atoms with Crippen molar-refractivity contribution in [3.8, 4) is 0 Å². The van der Waals surface area contributed by atoms with Crippen molar-refractivity contribution in [2.75, 3.05) is 13.2 Å². The molecule has 1 aliphatic rings. The van der Waals surface area contributed by atoms with E-state index in [4.69, 9.17) is 28.4 Å². The number of rotatable bonds is 17. The zero-order chi connectivity index (χ0) is 32.0. The second kappa shape index (κ2) is 17.7. The van der Waals surface area contributed by atoms with Crippen LogP contribution in [0.4, 0.5) is 0 Å². The molecule has 1 aliphatic heterocycles. The van der Waals surface area contributed by atoms with Gasteiger partial charge in [0.05, 0.1) is 45.6 Å². The molecule has 6 atom stereocenters. The predicted molar refractivity (Wildman–Crippen MR) is 173 cm³/mol. The Hall–Kier alpha value is -3.89. The summed E-state index contributed by atoms with van der Waals surface area (Å²) < 4.78 is 38.7.